The normalized spacial score (nSPS) is 30.3. The Kier molecular flexibility index (Phi) is 6.77. The second-order valence-corrected chi connectivity index (χ2v) is 8.07. The van der Waals surface area contributed by atoms with Crippen molar-refractivity contribution in [3.63, 3.8) is 0 Å². The average Bonchev–Trinajstić information content (AvgIpc) is 2.95. The summed E-state index contributed by atoms with van der Waals surface area (Å²) in [7, 11) is 0. The maximum Gasteiger partial charge on any atom is 0.322 e. The van der Waals surface area contributed by atoms with E-state index < -0.39 is 5.54 Å². The van der Waals surface area contributed by atoms with Crippen molar-refractivity contribution in [2.24, 2.45) is 10.9 Å². The van der Waals surface area contributed by atoms with Crippen LogP contribution in [0, 0.1) is 5.92 Å². The van der Waals surface area contributed by atoms with Gasteiger partial charge in [-0.05, 0) is 39.5 Å². The van der Waals surface area contributed by atoms with Crippen molar-refractivity contribution in [2.75, 3.05) is 52.5 Å². The summed E-state index contributed by atoms with van der Waals surface area (Å²) in [5.74, 6) is 0.857. The van der Waals surface area contributed by atoms with Crippen LogP contribution in [0.15, 0.2) is 4.99 Å². The summed E-state index contributed by atoms with van der Waals surface area (Å²) in [6.45, 7) is 12.8. The van der Waals surface area contributed by atoms with Gasteiger partial charge in [-0.15, -0.1) is 0 Å². The molecule has 0 saturated carbocycles. The van der Waals surface area contributed by atoms with Crippen molar-refractivity contribution in [3.05, 3.63) is 0 Å². The molecule has 9 heteroatoms. The van der Waals surface area contributed by atoms with Crippen LogP contribution >= 0.6 is 0 Å². The van der Waals surface area contributed by atoms with E-state index in [-0.39, 0.29) is 17.9 Å². The van der Waals surface area contributed by atoms with Crippen LogP contribution in [0.2, 0.25) is 0 Å². The monoisotopic (exact) mass is 394 g/mol. The maximum atomic E-state index is 12.2. The Bertz CT molecular complexity index is 604. The van der Waals surface area contributed by atoms with Gasteiger partial charge in [0.05, 0.1) is 19.8 Å². The minimum absolute atomic E-state index is 0.132. The van der Waals surface area contributed by atoms with Crippen molar-refractivity contribution < 1.29 is 14.3 Å². The number of carbonyl (C=O) groups is 2. The predicted octanol–water partition coefficient (Wildman–Crippen LogP) is -0.0173. The van der Waals surface area contributed by atoms with Gasteiger partial charge in [-0.3, -0.25) is 20.0 Å². The molecule has 3 amide bonds. The molecule has 0 radical (unpaired) electrons. The number of amides is 3. The number of hydrogen-bond donors (Lipinski definition) is 3. The Morgan fingerprint density at radius 2 is 2.07 bits per heavy atom. The molecule has 0 spiro atoms. The third kappa shape index (κ3) is 4.57. The van der Waals surface area contributed by atoms with E-state index in [2.05, 4.69) is 39.6 Å². The van der Waals surface area contributed by atoms with E-state index in [1.807, 2.05) is 6.92 Å². The van der Waals surface area contributed by atoms with E-state index in [0.29, 0.717) is 6.04 Å². The number of guanidine groups is 1. The van der Waals surface area contributed by atoms with Crippen molar-refractivity contribution in [2.45, 2.75) is 45.2 Å². The highest BCUT2D eigenvalue weighted by atomic mass is 16.5. The molecule has 3 saturated heterocycles. The van der Waals surface area contributed by atoms with Crippen molar-refractivity contribution in [1.82, 2.24) is 25.8 Å². The Hall–Kier alpha value is -1.87. The van der Waals surface area contributed by atoms with Crippen LogP contribution < -0.4 is 16.0 Å². The van der Waals surface area contributed by atoms with Crippen LogP contribution in [0.25, 0.3) is 0 Å². The van der Waals surface area contributed by atoms with E-state index >= 15 is 0 Å². The Morgan fingerprint density at radius 1 is 1.32 bits per heavy atom. The van der Waals surface area contributed by atoms with Crippen LogP contribution in [0.5, 0.6) is 0 Å². The van der Waals surface area contributed by atoms with E-state index in [1.54, 1.807) is 0 Å². The van der Waals surface area contributed by atoms with E-state index in [1.165, 1.54) is 0 Å². The number of morpholine rings is 1. The van der Waals surface area contributed by atoms with Gasteiger partial charge < -0.3 is 20.3 Å². The number of imide groups is 1. The Balaban J connectivity index is 1.54. The van der Waals surface area contributed by atoms with Crippen molar-refractivity contribution in [1.29, 1.82) is 0 Å². The zero-order chi connectivity index (χ0) is 20.1. The first-order valence-corrected chi connectivity index (χ1v) is 10.4. The molecule has 0 aromatic heterocycles. The van der Waals surface area contributed by atoms with Gasteiger partial charge in [-0.1, -0.05) is 0 Å². The number of nitrogens with zero attached hydrogens (tertiary/aromatic N) is 3. The zero-order valence-corrected chi connectivity index (χ0v) is 17.3. The third-order valence-corrected chi connectivity index (χ3v) is 6.17. The van der Waals surface area contributed by atoms with Gasteiger partial charge in [-0.2, -0.15) is 0 Å². The summed E-state index contributed by atoms with van der Waals surface area (Å²) in [6.07, 6.45) is 1.68. The molecular weight excluding hydrogens is 360 g/mol. The lowest BCUT2D eigenvalue weighted by molar-refractivity contribution is -0.125. The van der Waals surface area contributed by atoms with Crippen molar-refractivity contribution in [3.8, 4) is 0 Å². The summed E-state index contributed by atoms with van der Waals surface area (Å²) >= 11 is 0. The molecule has 0 bridgehead atoms. The van der Waals surface area contributed by atoms with Gasteiger partial charge in [0, 0.05) is 38.8 Å². The first-order chi connectivity index (χ1) is 13.4. The number of urea groups is 1. The van der Waals surface area contributed by atoms with Gasteiger partial charge in [0.1, 0.15) is 5.54 Å². The van der Waals surface area contributed by atoms with E-state index in [9.17, 15) is 9.59 Å². The van der Waals surface area contributed by atoms with E-state index in [4.69, 9.17) is 9.73 Å². The fourth-order valence-corrected chi connectivity index (χ4v) is 4.32. The maximum absolute atomic E-state index is 12.2. The molecule has 3 aliphatic rings. The lowest BCUT2D eigenvalue weighted by Crippen LogP contribution is -2.55. The third-order valence-electron chi connectivity index (χ3n) is 6.17. The highest BCUT2D eigenvalue weighted by Gasteiger charge is 2.48. The minimum Gasteiger partial charge on any atom is -0.379 e. The summed E-state index contributed by atoms with van der Waals surface area (Å²) in [5.41, 5.74) is -0.800. The Morgan fingerprint density at radius 3 is 2.68 bits per heavy atom. The van der Waals surface area contributed by atoms with Crippen molar-refractivity contribution >= 4 is 17.9 Å². The molecular formula is C19H34N6O3. The van der Waals surface area contributed by atoms with Crippen LogP contribution in [-0.4, -0.2) is 91.8 Å². The fourth-order valence-electron chi connectivity index (χ4n) is 4.32. The van der Waals surface area contributed by atoms with Crippen LogP contribution in [0.4, 0.5) is 4.79 Å². The molecule has 3 aliphatic heterocycles. The SMILES string of the molecule is CCNC(=NCCN1CCOCC1C)N1CCC(C2(C)NC(=O)NC2=O)CC1. The molecule has 9 nitrogen and oxygen atoms in total. The van der Waals surface area contributed by atoms with E-state index in [0.717, 1.165) is 71.3 Å². The molecule has 0 aromatic carbocycles. The summed E-state index contributed by atoms with van der Waals surface area (Å²) < 4.78 is 5.50. The smallest absolute Gasteiger partial charge is 0.322 e. The topological polar surface area (TPSA) is 98.3 Å². The fraction of sp³-hybridized carbons (Fsp3) is 0.842. The number of hydrogen-bond acceptors (Lipinski definition) is 5. The van der Waals surface area contributed by atoms with Crippen LogP contribution in [0.1, 0.15) is 33.6 Å². The summed E-state index contributed by atoms with van der Waals surface area (Å²) in [5, 5.41) is 8.58. The number of likely N-dealkylation sites (tertiary alicyclic amines) is 1. The standard InChI is InChI=1S/C19H34N6O3/c1-4-20-17(21-7-10-24-11-12-28-13-14(24)2)25-8-5-15(6-9-25)19(3)16(26)22-18(27)23-19/h14-15H,4-13H2,1-3H3,(H,20,21)(H2,22,23,26,27). The zero-order valence-electron chi connectivity index (χ0n) is 17.3. The van der Waals surface area contributed by atoms with Crippen LogP contribution in [-0.2, 0) is 9.53 Å². The number of ether oxygens (including phenoxy) is 1. The molecule has 0 aromatic rings. The van der Waals surface area contributed by atoms with Crippen LogP contribution in [0.3, 0.4) is 0 Å². The number of piperidine rings is 1. The number of rotatable bonds is 5. The predicted molar refractivity (Wildman–Crippen MR) is 107 cm³/mol. The molecule has 3 fully saturated rings. The molecule has 0 aliphatic carbocycles. The summed E-state index contributed by atoms with van der Waals surface area (Å²) in [4.78, 5) is 33.2. The summed E-state index contributed by atoms with van der Waals surface area (Å²) in [6, 6.07) is 0.0537. The Labute approximate surface area is 167 Å². The molecule has 3 heterocycles. The molecule has 3 rings (SSSR count). The molecule has 158 valence electrons. The molecule has 2 atom stereocenters. The van der Waals surface area contributed by atoms with Gasteiger partial charge in [-0.25, -0.2) is 4.79 Å². The first-order valence-electron chi connectivity index (χ1n) is 10.4. The lowest BCUT2D eigenvalue weighted by atomic mass is 9.79. The van der Waals surface area contributed by atoms with Gasteiger partial charge in [0.2, 0.25) is 0 Å². The molecule has 2 unspecified atom stereocenters. The molecule has 28 heavy (non-hydrogen) atoms. The van der Waals surface area contributed by atoms with Gasteiger partial charge >= 0.3 is 6.03 Å². The second kappa shape index (κ2) is 9.09. The first kappa shape index (κ1) is 20.9. The highest BCUT2D eigenvalue weighted by Crippen LogP contribution is 2.30. The number of aliphatic imine (C=N–C) groups is 1. The van der Waals surface area contributed by atoms with Gasteiger partial charge in [0.25, 0.3) is 5.91 Å². The number of nitrogens with one attached hydrogen (secondary N) is 3. The largest absolute Gasteiger partial charge is 0.379 e. The lowest BCUT2D eigenvalue weighted by Gasteiger charge is -2.39. The van der Waals surface area contributed by atoms with Gasteiger partial charge in [0.15, 0.2) is 5.96 Å². The quantitative estimate of drug-likeness (QED) is 0.345. The highest BCUT2D eigenvalue weighted by molar-refractivity contribution is 6.07. The second-order valence-electron chi connectivity index (χ2n) is 8.07. The minimum atomic E-state index is -0.800. The number of carbonyl (C=O) groups excluding carboxylic acids is 2. The molecule has 3 N–H and O–H groups in total. The average molecular weight is 395 g/mol.